The topological polar surface area (TPSA) is 29.3 Å². The number of hydrogen-bond donors (Lipinski definition) is 1. The van der Waals surface area contributed by atoms with E-state index in [0.29, 0.717) is 10.0 Å². The third kappa shape index (κ3) is 2.78. The van der Waals surface area contributed by atoms with Crippen molar-refractivity contribution in [1.29, 1.82) is 0 Å². The van der Waals surface area contributed by atoms with Gasteiger partial charge in [0, 0.05) is 25.2 Å². The Hall–Kier alpha value is -0.280. The summed E-state index contributed by atoms with van der Waals surface area (Å²) >= 11 is 12.3. The summed E-state index contributed by atoms with van der Waals surface area (Å²) in [4.78, 5) is 2.60. The molecule has 0 amide bonds. The van der Waals surface area contributed by atoms with E-state index < -0.39 is 0 Å². The Morgan fingerprint density at radius 3 is 2.84 bits per heavy atom. The number of nitrogens with two attached hydrogens (primary N) is 1. The van der Waals surface area contributed by atoms with E-state index >= 15 is 0 Å². The van der Waals surface area contributed by atoms with Crippen LogP contribution < -0.4 is 5.73 Å². The average Bonchev–Trinajstić information content (AvgIpc) is 3.01. The maximum Gasteiger partial charge on any atom is 0.0640 e. The molecule has 1 saturated carbocycles. The normalized spacial score (nSPS) is 27.9. The fourth-order valence-corrected chi connectivity index (χ4v) is 4.02. The molecule has 3 rings (SSSR count). The van der Waals surface area contributed by atoms with Crippen molar-refractivity contribution in [1.82, 2.24) is 4.90 Å². The number of likely N-dealkylation sites (tertiary alicyclic amines) is 1. The second-order valence-corrected chi connectivity index (χ2v) is 6.65. The zero-order valence-corrected chi connectivity index (χ0v) is 12.5. The Morgan fingerprint density at radius 2 is 2.16 bits per heavy atom. The van der Waals surface area contributed by atoms with E-state index in [1.165, 1.54) is 25.8 Å². The van der Waals surface area contributed by atoms with E-state index in [0.717, 1.165) is 30.5 Å². The molecule has 2 aliphatic rings. The van der Waals surface area contributed by atoms with Gasteiger partial charge in [-0.3, -0.25) is 0 Å². The van der Waals surface area contributed by atoms with Crippen molar-refractivity contribution >= 4 is 23.2 Å². The van der Waals surface area contributed by atoms with Gasteiger partial charge in [0.05, 0.1) is 10.0 Å². The quantitative estimate of drug-likeness (QED) is 0.914. The van der Waals surface area contributed by atoms with Crippen molar-refractivity contribution in [2.45, 2.75) is 37.8 Å². The highest BCUT2D eigenvalue weighted by atomic mass is 35.5. The molecule has 1 aromatic rings. The number of fused-ring (bicyclic) bond motifs is 2. The first-order valence-corrected chi connectivity index (χ1v) is 7.84. The zero-order valence-electron chi connectivity index (χ0n) is 11.0. The van der Waals surface area contributed by atoms with E-state index in [1.54, 1.807) is 6.07 Å². The van der Waals surface area contributed by atoms with Gasteiger partial charge in [-0.25, -0.2) is 0 Å². The Labute approximate surface area is 124 Å². The van der Waals surface area contributed by atoms with E-state index in [4.69, 9.17) is 28.9 Å². The molecule has 3 unspecified atom stereocenters. The van der Waals surface area contributed by atoms with Gasteiger partial charge in [0.25, 0.3) is 0 Å². The molecule has 0 radical (unpaired) electrons. The molecule has 2 nitrogen and oxygen atoms in total. The van der Waals surface area contributed by atoms with Gasteiger partial charge in [0.15, 0.2) is 0 Å². The molecule has 1 aliphatic carbocycles. The lowest BCUT2D eigenvalue weighted by Crippen LogP contribution is -2.34. The summed E-state index contributed by atoms with van der Waals surface area (Å²) < 4.78 is 0. The number of rotatable bonds is 4. The summed E-state index contributed by atoms with van der Waals surface area (Å²) in [5.41, 5.74) is 7.24. The Balaban J connectivity index is 1.59. The Kier molecular flexibility index (Phi) is 4.04. The van der Waals surface area contributed by atoms with Crippen molar-refractivity contribution in [3.63, 3.8) is 0 Å². The minimum Gasteiger partial charge on any atom is -0.324 e. The maximum absolute atomic E-state index is 6.27. The second-order valence-electron chi connectivity index (χ2n) is 5.87. The van der Waals surface area contributed by atoms with Gasteiger partial charge in [-0.2, -0.15) is 0 Å². The molecule has 1 heterocycles. The monoisotopic (exact) mass is 298 g/mol. The van der Waals surface area contributed by atoms with Crippen LogP contribution in [0.4, 0.5) is 0 Å². The SMILES string of the molecule is NC(CCN1CC2CCC1C2)c1cccc(Cl)c1Cl. The fourth-order valence-electron chi connectivity index (χ4n) is 3.57. The highest BCUT2D eigenvalue weighted by Crippen LogP contribution is 2.38. The van der Waals surface area contributed by atoms with E-state index in [2.05, 4.69) is 4.90 Å². The summed E-state index contributed by atoms with van der Waals surface area (Å²) in [6.45, 7) is 2.34. The van der Waals surface area contributed by atoms with Crippen molar-refractivity contribution in [3.8, 4) is 0 Å². The summed E-state index contributed by atoms with van der Waals surface area (Å²) in [7, 11) is 0. The lowest BCUT2D eigenvalue weighted by atomic mass is 10.0. The van der Waals surface area contributed by atoms with Crippen molar-refractivity contribution in [2.24, 2.45) is 11.7 Å². The second kappa shape index (κ2) is 5.61. The first-order chi connectivity index (χ1) is 9.15. The van der Waals surface area contributed by atoms with Crippen LogP contribution in [0.5, 0.6) is 0 Å². The maximum atomic E-state index is 6.27. The van der Waals surface area contributed by atoms with Crippen LogP contribution in [0.1, 0.15) is 37.3 Å². The van der Waals surface area contributed by atoms with Gasteiger partial charge in [-0.05, 0) is 43.2 Å². The van der Waals surface area contributed by atoms with Crippen LogP contribution >= 0.6 is 23.2 Å². The number of halogens is 2. The highest BCUT2D eigenvalue weighted by molar-refractivity contribution is 6.42. The molecule has 104 valence electrons. The molecule has 0 aromatic heterocycles. The lowest BCUT2D eigenvalue weighted by Gasteiger charge is -2.28. The zero-order chi connectivity index (χ0) is 13.4. The van der Waals surface area contributed by atoms with Crippen LogP contribution in [0, 0.1) is 5.92 Å². The predicted octanol–water partition coefficient (Wildman–Crippen LogP) is 3.87. The first-order valence-electron chi connectivity index (χ1n) is 7.08. The van der Waals surface area contributed by atoms with Crippen molar-refractivity contribution in [2.75, 3.05) is 13.1 Å². The summed E-state index contributed by atoms with van der Waals surface area (Å²) in [5.74, 6) is 0.941. The molecule has 1 aromatic carbocycles. The summed E-state index contributed by atoms with van der Waals surface area (Å²) in [5, 5.41) is 1.20. The minimum absolute atomic E-state index is 0.0228. The van der Waals surface area contributed by atoms with Crippen LogP contribution in [0.2, 0.25) is 10.0 Å². The third-order valence-electron chi connectivity index (χ3n) is 4.63. The third-order valence-corrected chi connectivity index (χ3v) is 5.46. The number of piperidine rings is 1. The van der Waals surface area contributed by atoms with E-state index in [1.807, 2.05) is 12.1 Å². The van der Waals surface area contributed by atoms with Gasteiger partial charge < -0.3 is 10.6 Å². The Bertz CT molecular complexity index is 463. The molecule has 1 aliphatic heterocycles. The van der Waals surface area contributed by atoms with E-state index in [9.17, 15) is 0 Å². The minimum atomic E-state index is -0.0228. The lowest BCUT2D eigenvalue weighted by molar-refractivity contribution is 0.206. The van der Waals surface area contributed by atoms with Gasteiger partial charge in [0.1, 0.15) is 0 Å². The van der Waals surface area contributed by atoms with Crippen LogP contribution in [-0.2, 0) is 0 Å². The largest absolute Gasteiger partial charge is 0.324 e. The number of nitrogens with zero attached hydrogens (tertiary/aromatic N) is 1. The van der Waals surface area contributed by atoms with Crippen LogP contribution in [0.3, 0.4) is 0 Å². The first kappa shape index (κ1) is 13.7. The molecule has 1 saturated heterocycles. The van der Waals surface area contributed by atoms with Crippen LogP contribution in [-0.4, -0.2) is 24.0 Å². The molecule has 0 spiro atoms. The average molecular weight is 299 g/mol. The van der Waals surface area contributed by atoms with Crippen molar-refractivity contribution < 1.29 is 0 Å². The molecule has 4 heteroatoms. The van der Waals surface area contributed by atoms with Gasteiger partial charge in [-0.15, -0.1) is 0 Å². The Morgan fingerprint density at radius 1 is 1.32 bits per heavy atom. The van der Waals surface area contributed by atoms with Crippen LogP contribution in [0.15, 0.2) is 18.2 Å². The van der Waals surface area contributed by atoms with Crippen LogP contribution in [0.25, 0.3) is 0 Å². The summed E-state index contributed by atoms with van der Waals surface area (Å²) in [6.07, 6.45) is 5.14. The molecule has 2 N–H and O–H groups in total. The van der Waals surface area contributed by atoms with E-state index in [-0.39, 0.29) is 6.04 Å². The molecule has 3 atom stereocenters. The standard InChI is InChI=1S/C15H20Cl2N2/c16-13-3-1-2-12(15(13)17)14(18)6-7-19-9-10-4-5-11(19)8-10/h1-3,10-11,14H,4-9,18H2. The van der Waals surface area contributed by atoms with Gasteiger partial charge >= 0.3 is 0 Å². The highest BCUT2D eigenvalue weighted by Gasteiger charge is 2.37. The summed E-state index contributed by atoms with van der Waals surface area (Å²) in [6, 6.07) is 6.49. The number of benzene rings is 1. The van der Waals surface area contributed by atoms with Crippen molar-refractivity contribution in [3.05, 3.63) is 33.8 Å². The number of hydrogen-bond acceptors (Lipinski definition) is 2. The molecular weight excluding hydrogens is 279 g/mol. The van der Waals surface area contributed by atoms with Gasteiger partial charge in [0.2, 0.25) is 0 Å². The molecule has 2 fully saturated rings. The molecule has 2 bridgehead atoms. The fraction of sp³-hybridized carbons (Fsp3) is 0.600. The predicted molar refractivity (Wildman–Crippen MR) is 80.7 cm³/mol. The molecular formula is C15H20Cl2N2. The molecule has 19 heavy (non-hydrogen) atoms. The van der Waals surface area contributed by atoms with Gasteiger partial charge in [-0.1, -0.05) is 35.3 Å². The smallest absolute Gasteiger partial charge is 0.0640 e.